The number of anilines is 1. The van der Waals surface area contributed by atoms with Gasteiger partial charge in [0.2, 0.25) is 5.91 Å². The highest BCUT2D eigenvalue weighted by Crippen LogP contribution is 2.51. The molecule has 10 heteroatoms. The molecule has 2 heterocycles. The zero-order chi connectivity index (χ0) is 24.8. The predicted molar refractivity (Wildman–Crippen MR) is 129 cm³/mol. The summed E-state index contributed by atoms with van der Waals surface area (Å²) in [6.07, 6.45) is 0. The molecule has 1 atom stereocenters. The van der Waals surface area contributed by atoms with Crippen molar-refractivity contribution in [3.05, 3.63) is 69.4 Å². The van der Waals surface area contributed by atoms with Crippen LogP contribution in [0.3, 0.4) is 0 Å². The number of hydrogen-bond donors (Lipinski definition) is 1. The number of ether oxygens (including phenoxy) is 2. The van der Waals surface area contributed by atoms with E-state index in [2.05, 4.69) is 0 Å². The van der Waals surface area contributed by atoms with Crippen LogP contribution in [0.2, 0.25) is 0 Å². The average Bonchev–Trinajstić information content (AvgIpc) is 3.27. The average molecular weight is 501 g/mol. The van der Waals surface area contributed by atoms with Crippen molar-refractivity contribution in [2.45, 2.75) is 31.1 Å². The third-order valence-electron chi connectivity index (χ3n) is 5.81. The number of methoxy groups -OCH3 is 1. The normalized spacial score (nSPS) is 17.5. The highest BCUT2D eigenvalue weighted by atomic mass is 32.2. The highest BCUT2D eigenvalue weighted by Gasteiger charge is 2.61. The largest absolute Gasteiger partial charge is 0.497 e. The van der Waals surface area contributed by atoms with Crippen molar-refractivity contribution in [3.63, 3.8) is 0 Å². The van der Waals surface area contributed by atoms with Gasteiger partial charge in [-0.05, 0) is 51.1 Å². The fraction of sp³-hybridized carbons (Fsp3) is 0.250. The minimum absolute atomic E-state index is 0.00322. The predicted octanol–water partition coefficient (Wildman–Crippen LogP) is 3.28. The van der Waals surface area contributed by atoms with Gasteiger partial charge in [-0.2, -0.15) is 0 Å². The lowest BCUT2D eigenvalue weighted by molar-refractivity contribution is -0.131. The first kappa shape index (κ1) is 23.8. The summed E-state index contributed by atoms with van der Waals surface area (Å²) in [4.78, 5) is 28.7. The van der Waals surface area contributed by atoms with Crippen molar-refractivity contribution in [1.29, 1.82) is 0 Å². The second-order valence-electron chi connectivity index (χ2n) is 7.78. The van der Waals surface area contributed by atoms with Crippen LogP contribution < -0.4 is 19.5 Å². The van der Waals surface area contributed by atoms with E-state index >= 15 is 0 Å². The molecule has 0 fully saturated rings. The molecule has 0 saturated heterocycles. The Kier molecular flexibility index (Phi) is 5.91. The summed E-state index contributed by atoms with van der Waals surface area (Å²) in [6.45, 7) is 5.49. The number of rotatable bonds is 7. The van der Waals surface area contributed by atoms with Gasteiger partial charge in [-0.25, -0.2) is 12.7 Å². The molecule has 0 radical (unpaired) electrons. The first-order chi connectivity index (χ1) is 16.1. The van der Waals surface area contributed by atoms with Gasteiger partial charge in [-0.3, -0.25) is 9.59 Å². The summed E-state index contributed by atoms with van der Waals surface area (Å²) in [5.74, 6) is -1.41. The van der Waals surface area contributed by atoms with Crippen LogP contribution in [-0.4, -0.2) is 33.9 Å². The molecule has 2 amide bonds. The van der Waals surface area contributed by atoms with Gasteiger partial charge >= 0.3 is 0 Å². The van der Waals surface area contributed by atoms with E-state index < -0.39 is 27.3 Å². The minimum Gasteiger partial charge on any atom is -0.497 e. The van der Waals surface area contributed by atoms with Gasteiger partial charge in [0.15, 0.2) is 5.41 Å². The van der Waals surface area contributed by atoms with E-state index in [0.29, 0.717) is 14.9 Å². The molecule has 4 rings (SSSR count). The van der Waals surface area contributed by atoms with Crippen LogP contribution in [-0.2, 0) is 25.0 Å². The molecule has 2 aromatic carbocycles. The fourth-order valence-electron chi connectivity index (χ4n) is 4.39. The smallest absolute Gasteiger partial charge is 0.272 e. The number of nitrogens with two attached hydrogens (primary N) is 1. The number of benzene rings is 2. The maximum absolute atomic E-state index is 14.2. The highest BCUT2D eigenvalue weighted by molar-refractivity contribution is 7.93. The number of para-hydroxylation sites is 1. The Morgan fingerprint density at radius 2 is 1.82 bits per heavy atom. The first-order valence-electron chi connectivity index (χ1n) is 10.5. The molecule has 34 heavy (non-hydrogen) atoms. The molecule has 8 nitrogen and oxygen atoms in total. The number of nitrogens with zero attached hydrogens (tertiary/aromatic N) is 1. The van der Waals surface area contributed by atoms with Crippen LogP contribution in [0.5, 0.6) is 11.5 Å². The number of carbonyl (C=O) groups excluding carboxylic acids is 2. The van der Waals surface area contributed by atoms with Crippen molar-refractivity contribution >= 4 is 38.9 Å². The zero-order valence-corrected chi connectivity index (χ0v) is 20.7. The molecule has 1 aliphatic heterocycles. The van der Waals surface area contributed by atoms with Crippen LogP contribution in [0.25, 0.3) is 0 Å². The van der Waals surface area contributed by atoms with Gasteiger partial charge in [0, 0.05) is 20.9 Å². The van der Waals surface area contributed by atoms with Crippen LogP contribution in [0, 0.1) is 13.8 Å². The van der Waals surface area contributed by atoms with E-state index in [0.717, 1.165) is 4.88 Å². The topological polar surface area (TPSA) is 116 Å². The van der Waals surface area contributed by atoms with Crippen molar-refractivity contribution in [2.24, 2.45) is 5.73 Å². The van der Waals surface area contributed by atoms with Gasteiger partial charge in [-0.15, -0.1) is 11.3 Å². The van der Waals surface area contributed by atoms with E-state index in [1.165, 1.54) is 42.7 Å². The number of carbonyl (C=O) groups is 2. The Bertz CT molecular complexity index is 1410. The standard InChI is InChI=1S/C24H24N2O6S2/c1-5-32-20-9-7-6-8-17(20)24(22(25)27)18-13-16(31-4)10-11-19(18)26(23(24)28)34(29,30)21-12-14(2)33-15(21)3/h6-13H,5H2,1-4H3,(H2,25,27). The van der Waals surface area contributed by atoms with E-state index in [4.69, 9.17) is 15.2 Å². The van der Waals surface area contributed by atoms with Gasteiger partial charge in [0.25, 0.3) is 15.9 Å². The number of thiophene rings is 1. The Hall–Kier alpha value is -3.37. The van der Waals surface area contributed by atoms with E-state index in [-0.39, 0.29) is 34.1 Å². The van der Waals surface area contributed by atoms with Crippen molar-refractivity contribution < 1.29 is 27.5 Å². The quantitative estimate of drug-likeness (QED) is 0.498. The van der Waals surface area contributed by atoms with Gasteiger partial charge in [-0.1, -0.05) is 18.2 Å². The van der Waals surface area contributed by atoms with Gasteiger partial charge in [0.05, 0.1) is 19.4 Å². The van der Waals surface area contributed by atoms with Crippen molar-refractivity contribution in [1.82, 2.24) is 0 Å². The third-order valence-corrected chi connectivity index (χ3v) is 8.72. The lowest BCUT2D eigenvalue weighted by Gasteiger charge is -2.27. The molecule has 1 aromatic heterocycles. The first-order valence-corrected chi connectivity index (χ1v) is 12.7. The summed E-state index contributed by atoms with van der Waals surface area (Å²) < 4.78 is 39.4. The molecular weight excluding hydrogens is 476 g/mol. The molecule has 0 aliphatic carbocycles. The molecular formula is C24H24N2O6S2. The van der Waals surface area contributed by atoms with Crippen LogP contribution in [0.15, 0.2) is 53.4 Å². The Morgan fingerprint density at radius 1 is 1.12 bits per heavy atom. The molecule has 3 aromatic rings. The second-order valence-corrected chi connectivity index (χ2v) is 11.0. The Labute approximate surface area is 202 Å². The maximum atomic E-state index is 14.2. The minimum atomic E-state index is -4.36. The van der Waals surface area contributed by atoms with E-state index in [9.17, 15) is 18.0 Å². The van der Waals surface area contributed by atoms with E-state index in [1.54, 1.807) is 45.0 Å². The number of amides is 2. The van der Waals surface area contributed by atoms with Gasteiger partial charge in [0.1, 0.15) is 16.4 Å². The number of aryl methyl sites for hydroxylation is 2. The lowest BCUT2D eigenvalue weighted by atomic mass is 9.74. The SMILES string of the molecule is CCOc1ccccc1C1(C(N)=O)C(=O)N(S(=O)(=O)c2cc(C)sc2C)c2ccc(OC)cc21. The molecule has 178 valence electrons. The molecule has 1 unspecified atom stereocenters. The zero-order valence-electron chi connectivity index (χ0n) is 19.1. The van der Waals surface area contributed by atoms with Crippen LogP contribution >= 0.6 is 11.3 Å². The van der Waals surface area contributed by atoms with Crippen LogP contribution in [0.1, 0.15) is 27.8 Å². The third kappa shape index (κ3) is 3.28. The second kappa shape index (κ2) is 8.44. The van der Waals surface area contributed by atoms with Gasteiger partial charge < -0.3 is 15.2 Å². The Balaban J connectivity index is 2.09. The lowest BCUT2D eigenvalue weighted by Crippen LogP contribution is -2.51. The Morgan fingerprint density at radius 3 is 2.41 bits per heavy atom. The van der Waals surface area contributed by atoms with E-state index in [1.807, 2.05) is 0 Å². The maximum Gasteiger partial charge on any atom is 0.272 e. The molecule has 0 bridgehead atoms. The number of hydrogen-bond acceptors (Lipinski definition) is 7. The number of primary amides is 1. The monoisotopic (exact) mass is 500 g/mol. The van der Waals surface area contributed by atoms with Crippen LogP contribution in [0.4, 0.5) is 5.69 Å². The summed E-state index contributed by atoms with van der Waals surface area (Å²) in [5, 5.41) is 0. The van der Waals surface area contributed by atoms with Crippen molar-refractivity contribution in [3.8, 4) is 11.5 Å². The molecule has 1 aliphatic rings. The molecule has 2 N–H and O–H groups in total. The fourth-order valence-corrected chi connectivity index (χ4v) is 7.38. The molecule has 0 spiro atoms. The summed E-state index contributed by atoms with van der Waals surface area (Å²) in [5.41, 5.74) is 4.11. The summed E-state index contributed by atoms with van der Waals surface area (Å²) in [7, 11) is -2.93. The van der Waals surface area contributed by atoms with Crippen molar-refractivity contribution in [2.75, 3.05) is 18.0 Å². The number of fused-ring (bicyclic) bond motifs is 1. The summed E-state index contributed by atoms with van der Waals surface area (Å²) >= 11 is 1.31. The molecule has 0 saturated carbocycles. The number of sulfonamides is 1. The summed E-state index contributed by atoms with van der Waals surface area (Å²) in [6, 6.07) is 12.5.